The van der Waals surface area contributed by atoms with Crippen LogP contribution in [0.3, 0.4) is 0 Å². The van der Waals surface area contributed by atoms with E-state index in [4.69, 9.17) is 4.74 Å². The van der Waals surface area contributed by atoms with E-state index in [2.05, 4.69) is 19.3 Å². The highest BCUT2D eigenvalue weighted by atomic mass is 16.5. The van der Waals surface area contributed by atoms with Crippen molar-refractivity contribution in [3.8, 4) is 0 Å². The number of methoxy groups -OCH3 is 1. The van der Waals surface area contributed by atoms with E-state index in [-0.39, 0.29) is 0 Å². The van der Waals surface area contributed by atoms with Crippen LogP contribution < -0.4 is 5.32 Å². The lowest BCUT2D eigenvalue weighted by atomic mass is 10.0. The van der Waals surface area contributed by atoms with Crippen molar-refractivity contribution in [1.82, 2.24) is 5.32 Å². The minimum absolute atomic E-state index is 0.696. The largest absolute Gasteiger partial charge is 0.385 e. The lowest BCUT2D eigenvalue weighted by Crippen LogP contribution is -2.25. The van der Waals surface area contributed by atoms with Crippen LogP contribution in [-0.2, 0) is 4.74 Å². The first-order chi connectivity index (χ1) is 7.35. The van der Waals surface area contributed by atoms with Gasteiger partial charge in [0.25, 0.3) is 0 Å². The molecular weight excluding hydrogens is 186 g/mol. The van der Waals surface area contributed by atoms with Crippen molar-refractivity contribution in [2.75, 3.05) is 20.8 Å². The van der Waals surface area contributed by atoms with Crippen molar-refractivity contribution in [3.05, 3.63) is 0 Å². The summed E-state index contributed by atoms with van der Waals surface area (Å²) in [5.74, 6) is 0. The summed E-state index contributed by atoms with van der Waals surface area (Å²) in [6, 6.07) is 0.696. The van der Waals surface area contributed by atoms with E-state index in [9.17, 15) is 0 Å². The highest BCUT2D eigenvalue weighted by Gasteiger charge is 2.04. The maximum absolute atomic E-state index is 5.07. The van der Waals surface area contributed by atoms with Crippen molar-refractivity contribution >= 4 is 0 Å². The molecule has 0 saturated carbocycles. The quantitative estimate of drug-likeness (QED) is 0.534. The molecule has 2 nitrogen and oxygen atoms in total. The van der Waals surface area contributed by atoms with E-state index < -0.39 is 0 Å². The van der Waals surface area contributed by atoms with Gasteiger partial charge < -0.3 is 10.1 Å². The van der Waals surface area contributed by atoms with Crippen molar-refractivity contribution in [2.24, 2.45) is 0 Å². The van der Waals surface area contributed by atoms with Crippen LogP contribution in [0.15, 0.2) is 0 Å². The third kappa shape index (κ3) is 10.2. The Hall–Kier alpha value is -0.0800. The number of rotatable bonds is 11. The van der Waals surface area contributed by atoms with Gasteiger partial charge in [-0.3, -0.25) is 0 Å². The molecule has 92 valence electrons. The van der Waals surface area contributed by atoms with Crippen LogP contribution in [0.2, 0.25) is 0 Å². The number of hydrogen-bond acceptors (Lipinski definition) is 2. The second kappa shape index (κ2) is 12.0. The molecule has 0 aromatic carbocycles. The Kier molecular flexibility index (Phi) is 11.9. The second-order valence-corrected chi connectivity index (χ2v) is 4.32. The van der Waals surface area contributed by atoms with Gasteiger partial charge in [0.1, 0.15) is 0 Å². The SMILES string of the molecule is CCCCCCCC(CCCOC)NC. The first-order valence-corrected chi connectivity index (χ1v) is 6.51. The Bertz CT molecular complexity index is 117. The monoisotopic (exact) mass is 215 g/mol. The molecule has 0 aliphatic heterocycles. The third-order valence-electron chi connectivity index (χ3n) is 2.97. The maximum Gasteiger partial charge on any atom is 0.0462 e. The minimum atomic E-state index is 0.696. The number of ether oxygens (including phenoxy) is 1. The second-order valence-electron chi connectivity index (χ2n) is 4.32. The van der Waals surface area contributed by atoms with Gasteiger partial charge in [0, 0.05) is 19.8 Å². The summed E-state index contributed by atoms with van der Waals surface area (Å²) in [7, 11) is 3.85. The molecule has 0 fully saturated rings. The van der Waals surface area contributed by atoms with E-state index >= 15 is 0 Å². The molecule has 0 radical (unpaired) electrons. The lowest BCUT2D eigenvalue weighted by molar-refractivity contribution is 0.188. The fourth-order valence-electron chi connectivity index (χ4n) is 1.90. The summed E-state index contributed by atoms with van der Waals surface area (Å²) >= 11 is 0. The van der Waals surface area contributed by atoms with Gasteiger partial charge in [-0.25, -0.2) is 0 Å². The van der Waals surface area contributed by atoms with Crippen molar-refractivity contribution < 1.29 is 4.74 Å². The molecular formula is C13H29NO. The average molecular weight is 215 g/mol. The highest BCUT2D eigenvalue weighted by Crippen LogP contribution is 2.10. The Labute approximate surface area is 95.8 Å². The highest BCUT2D eigenvalue weighted by molar-refractivity contribution is 4.64. The molecule has 2 heteroatoms. The van der Waals surface area contributed by atoms with E-state index in [1.165, 1.54) is 51.4 Å². The molecule has 1 atom stereocenters. The molecule has 0 saturated heterocycles. The van der Waals surface area contributed by atoms with Crippen LogP contribution in [0.5, 0.6) is 0 Å². The summed E-state index contributed by atoms with van der Waals surface area (Å²) in [6.45, 7) is 3.16. The fraction of sp³-hybridized carbons (Fsp3) is 1.00. The van der Waals surface area contributed by atoms with Gasteiger partial charge >= 0.3 is 0 Å². The molecule has 0 rings (SSSR count). The summed E-state index contributed by atoms with van der Waals surface area (Å²) < 4.78 is 5.07. The van der Waals surface area contributed by atoms with Crippen LogP contribution in [0.4, 0.5) is 0 Å². The number of nitrogens with one attached hydrogen (secondary N) is 1. The van der Waals surface area contributed by atoms with Crippen molar-refractivity contribution in [3.63, 3.8) is 0 Å². The molecule has 0 aliphatic carbocycles. The minimum Gasteiger partial charge on any atom is -0.385 e. The smallest absolute Gasteiger partial charge is 0.0462 e. The summed E-state index contributed by atoms with van der Waals surface area (Å²) in [4.78, 5) is 0. The molecule has 0 spiro atoms. The number of hydrogen-bond donors (Lipinski definition) is 1. The molecule has 0 aromatic rings. The standard InChI is InChI=1S/C13H29NO/c1-4-5-6-7-8-10-13(14-2)11-9-12-15-3/h13-14H,4-12H2,1-3H3. The van der Waals surface area contributed by atoms with Crippen LogP contribution in [0.25, 0.3) is 0 Å². The Morgan fingerprint density at radius 3 is 2.27 bits per heavy atom. The molecule has 1 unspecified atom stereocenters. The van der Waals surface area contributed by atoms with E-state index in [1.54, 1.807) is 7.11 Å². The van der Waals surface area contributed by atoms with Gasteiger partial charge in [-0.2, -0.15) is 0 Å². The molecule has 15 heavy (non-hydrogen) atoms. The van der Waals surface area contributed by atoms with Crippen LogP contribution in [-0.4, -0.2) is 26.8 Å². The molecule has 0 bridgehead atoms. The predicted octanol–water partition coefficient (Wildman–Crippen LogP) is 3.36. The van der Waals surface area contributed by atoms with Crippen LogP contribution >= 0.6 is 0 Å². The van der Waals surface area contributed by atoms with E-state index in [1.807, 2.05) is 0 Å². The summed E-state index contributed by atoms with van der Waals surface area (Å²) in [5, 5.41) is 3.40. The average Bonchev–Trinajstić information content (AvgIpc) is 2.26. The van der Waals surface area contributed by atoms with Gasteiger partial charge in [0.15, 0.2) is 0 Å². The predicted molar refractivity (Wildman–Crippen MR) is 67.3 cm³/mol. The molecule has 1 N–H and O–H groups in total. The van der Waals surface area contributed by atoms with Gasteiger partial charge in [0.2, 0.25) is 0 Å². The maximum atomic E-state index is 5.07. The summed E-state index contributed by atoms with van der Waals surface area (Å²) in [6.07, 6.45) is 10.7. The zero-order valence-corrected chi connectivity index (χ0v) is 10.8. The molecule has 0 amide bonds. The van der Waals surface area contributed by atoms with Gasteiger partial charge in [0.05, 0.1) is 0 Å². The topological polar surface area (TPSA) is 21.3 Å². The van der Waals surface area contributed by atoms with Crippen molar-refractivity contribution in [2.45, 2.75) is 64.3 Å². The normalized spacial score (nSPS) is 13.0. The molecule has 0 aliphatic rings. The zero-order chi connectivity index (χ0) is 11.4. The van der Waals surface area contributed by atoms with Gasteiger partial charge in [-0.15, -0.1) is 0 Å². The Morgan fingerprint density at radius 1 is 1.00 bits per heavy atom. The lowest BCUT2D eigenvalue weighted by Gasteiger charge is -2.15. The van der Waals surface area contributed by atoms with Gasteiger partial charge in [-0.1, -0.05) is 39.0 Å². The molecule has 0 heterocycles. The zero-order valence-electron chi connectivity index (χ0n) is 10.8. The molecule has 0 aromatic heterocycles. The summed E-state index contributed by atoms with van der Waals surface area (Å²) in [5.41, 5.74) is 0. The van der Waals surface area contributed by atoms with Crippen LogP contribution in [0.1, 0.15) is 58.3 Å². The van der Waals surface area contributed by atoms with Crippen molar-refractivity contribution in [1.29, 1.82) is 0 Å². The Balaban J connectivity index is 3.28. The Morgan fingerprint density at radius 2 is 1.67 bits per heavy atom. The third-order valence-corrected chi connectivity index (χ3v) is 2.97. The van der Waals surface area contributed by atoms with E-state index in [0.717, 1.165) is 6.61 Å². The first kappa shape index (κ1) is 14.9. The first-order valence-electron chi connectivity index (χ1n) is 6.51. The van der Waals surface area contributed by atoms with Gasteiger partial charge in [-0.05, 0) is 26.3 Å². The number of unbranched alkanes of at least 4 members (excludes halogenated alkanes) is 4. The van der Waals surface area contributed by atoms with E-state index in [0.29, 0.717) is 6.04 Å². The fourth-order valence-corrected chi connectivity index (χ4v) is 1.90. The van der Waals surface area contributed by atoms with Crippen LogP contribution in [0, 0.1) is 0 Å².